The standard InChI is InChI=1S/C23H20ClN3O4S/c1-13-19-22(25-12-27(23(19)29)11-14-6-4-5-7-16(14)24)32-20(13)21(28)26-17-10-15(30-2)8-9-18(17)31-3/h4-10,12H,11H2,1-3H3,(H,26,28). The van der Waals surface area contributed by atoms with Gasteiger partial charge in [-0.2, -0.15) is 0 Å². The van der Waals surface area contributed by atoms with Gasteiger partial charge < -0.3 is 14.8 Å². The first-order chi connectivity index (χ1) is 15.4. The molecule has 0 spiro atoms. The van der Waals surface area contributed by atoms with Crippen molar-refractivity contribution in [2.24, 2.45) is 0 Å². The van der Waals surface area contributed by atoms with Gasteiger partial charge in [-0.3, -0.25) is 14.2 Å². The van der Waals surface area contributed by atoms with Gasteiger partial charge in [0.1, 0.15) is 16.3 Å². The first-order valence-electron chi connectivity index (χ1n) is 9.68. The summed E-state index contributed by atoms with van der Waals surface area (Å²) in [5, 5.41) is 3.85. The van der Waals surface area contributed by atoms with Crippen LogP contribution in [0.1, 0.15) is 20.8 Å². The molecular formula is C23H20ClN3O4S. The number of carbonyl (C=O) groups excluding carboxylic acids is 1. The number of methoxy groups -OCH3 is 2. The average Bonchev–Trinajstić information content (AvgIpc) is 3.14. The predicted octanol–water partition coefficient (Wildman–Crippen LogP) is 4.74. The SMILES string of the molecule is COc1ccc(OC)c(NC(=O)c2sc3ncn(Cc4ccccc4Cl)c(=O)c3c2C)c1. The van der Waals surface area contributed by atoms with Crippen molar-refractivity contribution in [3.05, 3.63) is 80.2 Å². The normalized spacial score (nSPS) is 10.9. The van der Waals surface area contributed by atoms with E-state index in [4.69, 9.17) is 21.1 Å². The molecule has 0 aliphatic carbocycles. The number of fused-ring (bicyclic) bond motifs is 1. The Hall–Kier alpha value is -3.36. The smallest absolute Gasteiger partial charge is 0.266 e. The van der Waals surface area contributed by atoms with E-state index in [9.17, 15) is 9.59 Å². The monoisotopic (exact) mass is 469 g/mol. The van der Waals surface area contributed by atoms with E-state index in [0.29, 0.717) is 49.4 Å². The Kier molecular flexibility index (Phi) is 6.16. The molecule has 9 heteroatoms. The van der Waals surface area contributed by atoms with Gasteiger partial charge in [0.2, 0.25) is 0 Å². The summed E-state index contributed by atoms with van der Waals surface area (Å²) in [6.07, 6.45) is 1.48. The summed E-state index contributed by atoms with van der Waals surface area (Å²) in [5.74, 6) is 0.727. The summed E-state index contributed by atoms with van der Waals surface area (Å²) in [6, 6.07) is 12.5. The third kappa shape index (κ3) is 4.06. The number of carbonyl (C=O) groups is 1. The Morgan fingerprint density at radius 3 is 2.69 bits per heavy atom. The van der Waals surface area contributed by atoms with Crippen LogP contribution in [0.4, 0.5) is 5.69 Å². The van der Waals surface area contributed by atoms with Crippen LogP contribution in [0.25, 0.3) is 10.2 Å². The zero-order valence-electron chi connectivity index (χ0n) is 17.6. The number of hydrogen-bond acceptors (Lipinski definition) is 6. The number of halogens is 1. The van der Waals surface area contributed by atoms with Gasteiger partial charge in [-0.15, -0.1) is 11.3 Å². The van der Waals surface area contributed by atoms with Crippen molar-refractivity contribution < 1.29 is 14.3 Å². The molecule has 2 aromatic carbocycles. The second-order valence-electron chi connectivity index (χ2n) is 7.03. The van der Waals surface area contributed by atoms with Crippen molar-refractivity contribution in [3.8, 4) is 11.5 Å². The molecule has 0 unspecified atom stereocenters. The fourth-order valence-corrected chi connectivity index (χ4v) is 4.62. The lowest BCUT2D eigenvalue weighted by molar-refractivity contribution is 0.102. The van der Waals surface area contributed by atoms with Gasteiger partial charge in [0, 0.05) is 11.1 Å². The molecule has 4 aromatic rings. The van der Waals surface area contributed by atoms with Crippen molar-refractivity contribution in [1.29, 1.82) is 0 Å². The van der Waals surface area contributed by atoms with Crippen molar-refractivity contribution in [3.63, 3.8) is 0 Å². The van der Waals surface area contributed by atoms with E-state index in [1.165, 1.54) is 29.3 Å². The number of amides is 1. The Morgan fingerprint density at radius 1 is 1.19 bits per heavy atom. The third-order valence-corrected chi connectivity index (χ3v) is 6.64. The molecule has 32 heavy (non-hydrogen) atoms. The molecule has 2 aromatic heterocycles. The maximum atomic E-state index is 13.2. The number of aromatic nitrogens is 2. The van der Waals surface area contributed by atoms with E-state index in [2.05, 4.69) is 10.3 Å². The highest BCUT2D eigenvalue weighted by molar-refractivity contribution is 7.20. The molecule has 0 atom stereocenters. The van der Waals surface area contributed by atoms with Gasteiger partial charge >= 0.3 is 0 Å². The highest BCUT2D eigenvalue weighted by Crippen LogP contribution is 2.32. The van der Waals surface area contributed by atoms with E-state index in [1.807, 2.05) is 18.2 Å². The summed E-state index contributed by atoms with van der Waals surface area (Å²) in [5.41, 5.74) is 1.64. The minimum atomic E-state index is -0.353. The highest BCUT2D eigenvalue weighted by atomic mass is 35.5. The molecule has 1 amide bonds. The fraction of sp³-hybridized carbons (Fsp3) is 0.174. The molecular weight excluding hydrogens is 450 g/mol. The number of aryl methyl sites for hydroxylation is 1. The van der Waals surface area contributed by atoms with Gasteiger partial charge in [-0.1, -0.05) is 29.8 Å². The number of hydrogen-bond donors (Lipinski definition) is 1. The molecule has 1 N–H and O–H groups in total. The summed E-state index contributed by atoms with van der Waals surface area (Å²) < 4.78 is 12.1. The van der Waals surface area contributed by atoms with Crippen LogP contribution in [0, 0.1) is 6.92 Å². The van der Waals surface area contributed by atoms with Crippen LogP contribution in [-0.2, 0) is 6.54 Å². The van der Waals surface area contributed by atoms with Crippen molar-refractivity contribution >= 4 is 44.7 Å². The maximum Gasteiger partial charge on any atom is 0.266 e. The second kappa shape index (κ2) is 9.02. The summed E-state index contributed by atoms with van der Waals surface area (Å²) in [4.78, 5) is 31.5. The van der Waals surface area contributed by atoms with Crippen molar-refractivity contribution in [2.45, 2.75) is 13.5 Å². The highest BCUT2D eigenvalue weighted by Gasteiger charge is 2.21. The van der Waals surface area contributed by atoms with E-state index in [1.54, 1.807) is 38.3 Å². The molecule has 4 rings (SSSR count). The van der Waals surface area contributed by atoms with E-state index < -0.39 is 0 Å². The Morgan fingerprint density at radius 2 is 1.97 bits per heavy atom. The lowest BCUT2D eigenvalue weighted by Gasteiger charge is -2.11. The number of rotatable bonds is 6. The van der Waals surface area contributed by atoms with E-state index >= 15 is 0 Å². The van der Waals surface area contributed by atoms with Crippen molar-refractivity contribution in [2.75, 3.05) is 19.5 Å². The molecule has 0 aliphatic rings. The summed E-state index contributed by atoms with van der Waals surface area (Å²) in [7, 11) is 3.07. The molecule has 0 radical (unpaired) electrons. The van der Waals surface area contributed by atoms with Crippen LogP contribution in [0.2, 0.25) is 5.02 Å². The molecule has 2 heterocycles. The first kappa shape index (κ1) is 21.9. The largest absolute Gasteiger partial charge is 0.497 e. The van der Waals surface area contributed by atoms with Gasteiger partial charge in [0.15, 0.2) is 0 Å². The summed E-state index contributed by atoms with van der Waals surface area (Å²) in [6.45, 7) is 2.04. The Bertz CT molecular complexity index is 1380. The number of ether oxygens (including phenoxy) is 2. The molecule has 7 nitrogen and oxygen atoms in total. The molecule has 0 aliphatic heterocycles. The van der Waals surface area contributed by atoms with Crippen molar-refractivity contribution in [1.82, 2.24) is 9.55 Å². The minimum Gasteiger partial charge on any atom is -0.497 e. The Balaban J connectivity index is 1.70. The van der Waals surface area contributed by atoms with Crippen LogP contribution >= 0.6 is 22.9 Å². The van der Waals surface area contributed by atoms with E-state index in [-0.39, 0.29) is 11.5 Å². The number of nitrogens with one attached hydrogen (secondary N) is 1. The Labute approximate surface area is 193 Å². The lowest BCUT2D eigenvalue weighted by Crippen LogP contribution is -2.21. The molecule has 0 saturated carbocycles. The molecule has 0 bridgehead atoms. The average molecular weight is 470 g/mol. The fourth-order valence-electron chi connectivity index (χ4n) is 3.39. The van der Waals surface area contributed by atoms with Gasteiger partial charge in [0.25, 0.3) is 11.5 Å². The quantitative estimate of drug-likeness (QED) is 0.441. The first-order valence-corrected chi connectivity index (χ1v) is 10.9. The number of nitrogens with zero attached hydrogens (tertiary/aromatic N) is 2. The predicted molar refractivity (Wildman–Crippen MR) is 127 cm³/mol. The summed E-state index contributed by atoms with van der Waals surface area (Å²) >= 11 is 7.41. The molecule has 0 fully saturated rings. The van der Waals surface area contributed by atoms with Crippen LogP contribution in [-0.4, -0.2) is 29.7 Å². The lowest BCUT2D eigenvalue weighted by atomic mass is 10.2. The zero-order chi connectivity index (χ0) is 22.8. The van der Waals surface area contributed by atoms with Gasteiger partial charge in [0.05, 0.1) is 43.0 Å². The van der Waals surface area contributed by atoms with Crippen LogP contribution < -0.4 is 20.3 Å². The minimum absolute atomic E-state index is 0.221. The number of benzene rings is 2. The number of thiophene rings is 1. The topological polar surface area (TPSA) is 82.4 Å². The molecule has 164 valence electrons. The van der Waals surface area contributed by atoms with Crippen LogP contribution in [0.5, 0.6) is 11.5 Å². The zero-order valence-corrected chi connectivity index (χ0v) is 19.2. The van der Waals surface area contributed by atoms with E-state index in [0.717, 1.165) is 5.56 Å². The third-order valence-electron chi connectivity index (χ3n) is 5.08. The van der Waals surface area contributed by atoms with Crippen LogP contribution in [0.15, 0.2) is 53.6 Å². The van der Waals surface area contributed by atoms with Gasteiger partial charge in [-0.05, 0) is 36.2 Å². The maximum absolute atomic E-state index is 13.2. The van der Waals surface area contributed by atoms with Gasteiger partial charge in [-0.25, -0.2) is 4.98 Å². The number of anilines is 1. The second-order valence-corrected chi connectivity index (χ2v) is 8.43. The molecule has 0 saturated heterocycles. The van der Waals surface area contributed by atoms with Crippen LogP contribution in [0.3, 0.4) is 0 Å².